The maximum atomic E-state index is 11.1. The summed E-state index contributed by atoms with van der Waals surface area (Å²) in [6.45, 7) is 2.12. The van der Waals surface area contributed by atoms with Crippen LogP contribution in [0.4, 0.5) is 4.79 Å². The smallest absolute Gasteiger partial charge is 0.326 e. The molecule has 5 nitrogen and oxygen atoms in total. The number of hydrogen-bond acceptors (Lipinski definition) is 2. The first-order valence-electron chi connectivity index (χ1n) is 4.64. The van der Waals surface area contributed by atoms with Crippen molar-refractivity contribution in [3.05, 3.63) is 11.6 Å². The summed E-state index contributed by atoms with van der Waals surface area (Å²) in [5, 5.41) is 13.5. The number of carboxylic acids is 1. The molecule has 0 radical (unpaired) electrons. The molecular formula is C9H15ClN2O3. The largest absolute Gasteiger partial charge is 0.480 e. The van der Waals surface area contributed by atoms with Crippen LogP contribution in [0, 0.1) is 0 Å². The number of amides is 2. The minimum atomic E-state index is -1.03. The number of aliphatic carboxylic acids is 1. The molecule has 0 aliphatic carbocycles. The second-order valence-electron chi connectivity index (χ2n) is 2.90. The van der Waals surface area contributed by atoms with Crippen LogP contribution in [0.3, 0.4) is 0 Å². The minimum Gasteiger partial charge on any atom is -0.480 e. The van der Waals surface area contributed by atoms with E-state index < -0.39 is 18.0 Å². The highest BCUT2D eigenvalue weighted by Crippen LogP contribution is 1.96. The van der Waals surface area contributed by atoms with E-state index in [1.807, 2.05) is 6.92 Å². The topological polar surface area (TPSA) is 78.4 Å². The number of hydrogen-bond donors (Lipinski definition) is 3. The van der Waals surface area contributed by atoms with Gasteiger partial charge in [-0.3, -0.25) is 0 Å². The van der Waals surface area contributed by atoms with Crippen molar-refractivity contribution in [2.24, 2.45) is 0 Å². The molecule has 86 valence electrons. The minimum absolute atomic E-state index is 0.272. The summed E-state index contributed by atoms with van der Waals surface area (Å²) in [6, 6.07) is -1.35. The third-order valence-electron chi connectivity index (χ3n) is 1.65. The molecule has 3 N–H and O–H groups in total. The molecule has 0 spiro atoms. The molecule has 0 bridgehead atoms. The molecule has 0 fully saturated rings. The van der Waals surface area contributed by atoms with Crippen molar-refractivity contribution in [1.82, 2.24) is 10.6 Å². The van der Waals surface area contributed by atoms with Crippen LogP contribution in [0.5, 0.6) is 0 Å². The van der Waals surface area contributed by atoms with Crippen molar-refractivity contribution in [3.63, 3.8) is 0 Å². The molecule has 1 atom stereocenters. The van der Waals surface area contributed by atoms with Crippen molar-refractivity contribution in [2.75, 3.05) is 6.54 Å². The van der Waals surface area contributed by atoms with Crippen LogP contribution >= 0.6 is 11.6 Å². The Bertz CT molecular complexity index is 244. The number of urea groups is 1. The van der Waals surface area contributed by atoms with Crippen molar-refractivity contribution in [3.8, 4) is 0 Å². The van der Waals surface area contributed by atoms with Crippen molar-refractivity contribution in [1.29, 1.82) is 0 Å². The van der Waals surface area contributed by atoms with Crippen LogP contribution in [0.2, 0.25) is 0 Å². The number of rotatable bonds is 6. The van der Waals surface area contributed by atoms with E-state index in [1.54, 1.807) is 0 Å². The summed E-state index contributed by atoms with van der Waals surface area (Å²) in [4.78, 5) is 21.8. The first-order valence-corrected chi connectivity index (χ1v) is 5.07. The van der Waals surface area contributed by atoms with Gasteiger partial charge in [-0.25, -0.2) is 9.59 Å². The third-order valence-corrected chi connectivity index (χ3v) is 1.83. The van der Waals surface area contributed by atoms with Gasteiger partial charge < -0.3 is 15.7 Å². The van der Waals surface area contributed by atoms with Crippen LogP contribution in [-0.2, 0) is 4.79 Å². The molecule has 0 saturated carbocycles. The summed E-state index contributed by atoms with van der Waals surface area (Å²) >= 11 is 5.24. The monoisotopic (exact) mass is 234 g/mol. The lowest BCUT2D eigenvalue weighted by Gasteiger charge is -2.13. The van der Waals surface area contributed by atoms with Gasteiger partial charge in [0.15, 0.2) is 0 Å². The normalized spacial score (nSPS) is 12.4. The van der Waals surface area contributed by atoms with E-state index in [9.17, 15) is 9.59 Å². The van der Waals surface area contributed by atoms with Gasteiger partial charge in [-0.05, 0) is 6.42 Å². The predicted molar refractivity (Wildman–Crippen MR) is 57.9 cm³/mol. The number of halogens is 1. The summed E-state index contributed by atoms with van der Waals surface area (Å²) in [5.41, 5.74) is 1.28. The molecular weight excluding hydrogens is 220 g/mol. The number of carbonyl (C=O) groups is 2. The quantitative estimate of drug-likeness (QED) is 0.648. The molecule has 1 unspecified atom stereocenters. The fourth-order valence-corrected chi connectivity index (χ4v) is 1.04. The summed E-state index contributed by atoms with van der Waals surface area (Å²) in [5.74, 6) is -1.03. The Morgan fingerprint density at radius 3 is 2.67 bits per heavy atom. The Kier molecular flexibility index (Phi) is 7.44. The molecule has 0 aromatic carbocycles. The zero-order valence-corrected chi connectivity index (χ0v) is 9.25. The van der Waals surface area contributed by atoms with E-state index in [2.05, 4.69) is 10.6 Å². The summed E-state index contributed by atoms with van der Waals surface area (Å²) in [7, 11) is 0. The van der Waals surface area contributed by atoms with Crippen LogP contribution < -0.4 is 10.6 Å². The van der Waals surface area contributed by atoms with Gasteiger partial charge in [-0.1, -0.05) is 31.0 Å². The van der Waals surface area contributed by atoms with E-state index in [1.165, 1.54) is 11.6 Å². The zero-order valence-electron chi connectivity index (χ0n) is 8.50. The SMILES string of the molecule is CCCC(NC(=O)NC/C=C/Cl)C(=O)O. The first kappa shape index (κ1) is 13.8. The molecule has 0 aromatic rings. The average Bonchev–Trinajstić information content (AvgIpc) is 2.17. The maximum Gasteiger partial charge on any atom is 0.326 e. The number of carbonyl (C=O) groups excluding carboxylic acids is 1. The van der Waals surface area contributed by atoms with Crippen molar-refractivity contribution in [2.45, 2.75) is 25.8 Å². The van der Waals surface area contributed by atoms with E-state index in [-0.39, 0.29) is 6.54 Å². The maximum absolute atomic E-state index is 11.1. The fourth-order valence-electron chi connectivity index (χ4n) is 0.951. The summed E-state index contributed by atoms with van der Waals surface area (Å²) < 4.78 is 0. The van der Waals surface area contributed by atoms with Crippen molar-refractivity contribution >= 4 is 23.6 Å². The van der Waals surface area contributed by atoms with Gasteiger partial charge in [0.05, 0.1) is 0 Å². The van der Waals surface area contributed by atoms with E-state index in [0.29, 0.717) is 12.8 Å². The Morgan fingerprint density at radius 1 is 1.53 bits per heavy atom. The highest BCUT2D eigenvalue weighted by molar-refractivity contribution is 6.25. The molecule has 0 saturated heterocycles. The van der Waals surface area contributed by atoms with E-state index >= 15 is 0 Å². The highest BCUT2D eigenvalue weighted by atomic mass is 35.5. The zero-order chi connectivity index (χ0) is 11.7. The van der Waals surface area contributed by atoms with Gasteiger partial charge in [-0.2, -0.15) is 0 Å². The lowest BCUT2D eigenvalue weighted by Crippen LogP contribution is -2.45. The van der Waals surface area contributed by atoms with Crippen LogP contribution in [0.15, 0.2) is 11.6 Å². The van der Waals surface area contributed by atoms with Crippen LogP contribution in [0.1, 0.15) is 19.8 Å². The fraction of sp³-hybridized carbons (Fsp3) is 0.556. The predicted octanol–water partition coefficient (Wildman–Crippen LogP) is 1.29. The second kappa shape index (κ2) is 8.11. The van der Waals surface area contributed by atoms with Gasteiger partial charge in [0.25, 0.3) is 0 Å². The van der Waals surface area contributed by atoms with E-state index in [0.717, 1.165) is 0 Å². The van der Waals surface area contributed by atoms with Crippen LogP contribution in [-0.4, -0.2) is 29.7 Å². The molecule has 0 heterocycles. The standard InChI is InChI=1S/C9H15ClN2O3/c1-2-4-7(8(13)14)12-9(15)11-6-3-5-10/h3,5,7H,2,4,6H2,1H3,(H,13,14)(H2,11,12,15)/b5-3+. The molecule has 0 aromatic heterocycles. The molecule has 0 rings (SSSR count). The van der Waals surface area contributed by atoms with E-state index in [4.69, 9.17) is 16.7 Å². The van der Waals surface area contributed by atoms with Crippen molar-refractivity contribution < 1.29 is 14.7 Å². The molecule has 6 heteroatoms. The number of nitrogens with one attached hydrogen (secondary N) is 2. The highest BCUT2D eigenvalue weighted by Gasteiger charge is 2.17. The molecule has 0 aliphatic rings. The molecule has 0 aliphatic heterocycles. The average molecular weight is 235 g/mol. The third kappa shape index (κ3) is 6.79. The number of carboxylic acid groups (broad SMARTS) is 1. The Balaban J connectivity index is 3.94. The summed E-state index contributed by atoms with van der Waals surface area (Å²) in [6.07, 6.45) is 2.64. The first-order chi connectivity index (χ1) is 7.11. The van der Waals surface area contributed by atoms with Gasteiger partial charge in [-0.15, -0.1) is 0 Å². The van der Waals surface area contributed by atoms with Gasteiger partial charge in [0, 0.05) is 12.1 Å². The second-order valence-corrected chi connectivity index (χ2v) is 3.15. The van der Waals surface area contributed by atoms with Crippen LogP contribution in [0.25, 0.3) is 0 Å². The Labute approximate surface area is 93.5 Å². The Morgan fingerprint density at radius 2 is 2.20 bits per heavy atom. The lowest BCUT2D eigenvalue weighted by atomic mass is 10.2. The van der Waals surface area contributed by atoms with Gasteiger partial charge >= 0.3 is 12.0 Å². The lowest BCUT2D eigenvalue weighted by molar-refractivity contribution is -0.139. The van der Waals surface area contributed by atoms with Gasteiger partial charge in [0.2, 0.25) is 0 Å². The van der Waals surface area contributed by atoms with Gasteiger partial charge in [0.1, 0.15) is 6.04 Å². The Hall–Kier alpha value is -1.23. The molecule has 2 amide bonds. The molecule has 15 heavy (non-hydrogen) atoms.